The molecular formula is C17H21NO2. The summed E-state index contributed by atoms with van der Waals surface area (Å²) < 4.78 is 5.44. The number of aliphatic hydroxyl groups excluding tert-OH is 1. The van der Waals surface area contributed by atoms with Gasteiger partial charge in [0.2, 0.25) is 0 Å². The van der Waals surface area contributed by atoms with Gasteiger partial charge >= 0.3 is 0 Å². The minimum absolute atomic E-state index is 0.0647. The molecule has 0 fully saturated rings. The van der Waals surface area contributed by atoms with Crippen molar-refractivity contribution >= 4 is 0 Å². The van der Waals surface area contributed by atoms with E-state index in [2.05, 4.69) is 24.0 Å². The number of hydrogen-bond donors (Lipinski definition) is 1. The van der Waals surface area contributed by atoms with Gasteiger partial charge in [-0.3, -0.25) is 4.98 Å². The highest BCUT2D eigenvalue weighted by atomic mass is 16.5. The van der Waals surface area contributed by atoms with Crippen molar-refractivity contribution in [1.29, 1.82) is 0 Å². The van der Waals surface area contributed by atoms with E-state index in [-0.39, 0.29) is 5.92 Å². The van der Waals surface area contributed by atoms with Crippen LogP contribution in [0.1, 0.15) is 43.4 Å². The Morgan fingerprint density at radius 3 is 2.50 bits per heavy atom. The minimum atomic E-state index is -0.574. The zero-order valence-corrected chi connectivity index (χ0v) is 12.0. The van der Waals surface area contributed by atoms with Crippen LogP contribution in [-0.4, -0.2) is 16.7 Å². The molecule has 1 heterocycles. The fraction of sp³-hybridized carbons (Fsp3) is 0.353. The maximum Gasteiger partial charge on any atom is 0.137 e. The molecule has 0 aliphatic carbocycles. The van der Waals surface area contributed by atoms with Crippen LogP contribution in [0.2, 0.25) is 0 Å². The Labute approximate surface area is 120 Å². The number of rotatable bonds is 6. The van der Waals surface area contributed by atoms with Crippen LogP contribution < -0.4 is 4.74 Å². The second-order valence-corrected chi connectivity index (χ2v) is 4.76. The van der Waals surface area contributed by atoms with Gasteiger partial charge in [-0.25, -0.2) is 0 Å². The zero-order valence-electron chi connectivity index (χ0n) is 12.0. The minimum Gasteiger partial charge on any atom is -0.492 e. The summed E-state index contributed by atoms with van der Waals surface area (Å²) in [7, 11) is 0. The van der Waals surface area contributed by atoms with Crippen LogP contribution in [0.5, 0.6) is 5.75 Å². The number of ether oxygens (including phenoxy) is 1. The molecule has 3 heteroatoms. The van der Waals surface area contributed by atoms with Crippen LogP contribution in [-0.2, 0) is 0 Å². The zero-order chi connectivity index (χ0) is 14.4. The summed E-state index contributed by atoms with van der Waals surface area (Å²) in [5.74, 6) is 0.766. The largest absolute Gasteiger partial charge is 0.492 e. The normalized spacial score (nSPS) is 13.8. The van der Waals surface area contributed by atoms with Crippen LogP contribution in [0.3, 0.4) is 0 Å². The molecule has 2 atom stereocenters. The van der Waals surface area contributed by atoms with Gasteiger partial charge in [-0.15, -0.1) is 0 Å². The standard InChI is InChI=1S/C17H21NO2/c1-3-16(13-8-6-5-7-9-13)17(19)14-10-15(20-4-2)12-18-11-14/h5-12,16-17,19H,3-4H2,1-2H3. The van der Waals surface area contributed by atoms with Crippen LogP contribution in [0.25, 0.3) is 0 Å². The van der Waals surface area contributed by atoms with E-state index in [9.17, 15) is 5.11 Å². The SMILES string of the molecule is CCOc1cncc(C(O)C(CC)c2ccccc2)c1. The van der Waals surface area contributed by atoms with Gasteiger partial charge in [0, 0.05) is 17.7 Å². The summed E-state index contributed by atoms with van der Waals surface area (Å²) in [6, 6.07) is 12.0. The highest BCUT2D eigenvalue weighted by Crippen LogP contribution is 2.34. The number of aliphatic hydroxyl groups is 1. The van der Waals surface area contributed by atoms with E-state index in [0.29, 0.717) is 12.4 Å². The second kappa shape index (κ2) is 7.06. The number of hydrogen-bond acceptors (Lipinski definition) is 3. The fourth-order valence-electron chi connectivity index (χ4n) is 2.42. The monoisotopic (exact) mass is 271 g/mol. The Balaban J connectivity index is 2.24. The third-order valence-corrected chi connectivity index (χ3v) is 3.44. The van der Waals surface area contributed by atoms with Crippen LogP contribution in [0.4, 0.5) is 0 Å². The number of nitrogens with zero attached hydrogens (tertiary/aromatic N) is 1. The first kappa shape index (κ1) is 14.5. The van der Waals surface area contributed by atoms with Gasteiger partial charge in [-0.1, -0.05) is 37.3 Å². The third-order valence-electron chi connectivity index (χ3n) is 3.44. The van der Waals surface area contributed by atoms with Crippen molar-refractivity contribution < 1.29 is 9.84 Å². The molecule has 2 unspecified atom stereocenters. The van der Waals surface area contributed by atoms with E-state index < -0.39 is 6.10 Å². The molecule has 1 aromatic heterocycles. The van der Waals surface area contributed by atoms with Gasteiger partial charge in [-0.2, -0.15) is 0 Å². The summed E-state index contributed by atoms with van der Waals surface area (Å²) in [6.45, 7) is 4.61. The van der Waals surface area contributed by atoms with Gasteiger partial charge in [-0.05, 0) is 25.0 Å². The van der Waals surface area contributed by atoms with E-state index in [1.165, 1.54) is 0 Å². The summed E-state index contributed by atoms with van der Waals surface area (Å²) in [4.78, 5) is 4.15. The fourth-order valence-corrected chi connectivity index (χ4v) is 2.42. The first-order chi connectivity index (χ1) is 9.76. The van der Waals surface area contributed by atoms with Crippen molar-refractivity contribution in [2.75, 3.05) is 6.61 Å². The Hall–Kier alpha value is -1.87. The summed E-state index contributed by atoms with van der Waals surface area (Å²) in [5, 5.41) is 10.6. The molecule has 1 N–H and O–H groups in total. The maximum atomic E-state index is 10.6. The molecule has 0 aliphatic rings. The second-order valence-electron chi connectivity index (χ2n) is 4.76. The van der Waals surface area contributed by atoms with Crippen LogP contribution >= 0.6 is 0 Å². The van der Waals surface area contributed by atoms with E-state index in [0.717, 1.165) is 17.5 Å². The Morgan fingerprint density at radius 2 is 1.85 bits per heavy atom. The van der Waals surface area contributed by atoms with E-state index >= 15 is 0 Å². The molecule has 0 saturated carbocycles. The lowest BCUT2D eigenvalue weighted by Crippen LogP contribution is -2.10. The highest BCUT2D eigenvalue weighted by molar-refractivity contribution is 5.29. The lowest BCUT2D eigenvalue weighted by Gasteiger charge is -2.22. The van der Waals surface area contributed by atoms with E-state index in [1.807, 2.05) is 31.2 Å². The average molecular weight is 271 g/mol. The smallest absolute Gasteiger partial charge is 0.137 e. The van der Waals surface area contributed by atoms with Crippen molar-refractivity contribution in [3.63, 3.8) is 0 Å². The number of pyridine rings is 1. The summed E-state index contributed by atoms with van der Waals surface area (Å²) >= 11 is 0. The Bertz CT molecular complexity index is 528. The Morgan fingerprint density at radius 1 is 1.10 bits per heavy atom. The number of benzene rings is 1. The quantitative estimate of drug-likeness (QED) is 0.871. The van der Waals surface area contributed by atoms with Crippen molar-refractivity contribution in [2.45, 2.75) is 32.3 Å². The lowest BCUT2D eigenvalue weighted by molar-refractivity contribution is 0.141. The van der Waals surface area contributed by atoms with Crippen molar-refractivity contribution in [1.82, 2.24) is 4.98 Å². The molecule has 3 nitrogen and oxygen atoms in total. The van der Waals surface area contributed by atoms with Gasteiger partial charge < -0.3 is 9.84 Å². The summed E-state index contributed by atoms with van der Waals surface area (Å²) in [5.41, 5.74) is 1.94. The van der Waals surface area contributed by atoms with E-state index in [4.69, 9.17) is 4.74 Å². The third kappa shape index (κ3) is 3.36. The van der Waals surface area contributed by atoms with Gasteiger partial charge in [0.15, 0.2) is 0 Å². The van der Waals surface area contributed by atoms with Crippen LogP contribution in [0, 0.1) is 0 Å². The first-order valence-corrected chi connectivity index (χ1v) is 7.07. The van der Waals surface area contributed by atoms with E-state index in [1.54, 1.807) is 12.4 Å². The predicted octanol–water partition coefficient (Wildman–Crippen LogP) is 3.71. The molecule has 106 valence electrons. The topological polar surface area (TPSA) is 42.4 Å². The average Bonchev–Trinajstić information content (AvgIpc) is 2.50. The molecule has 0 spiro atoms. The molecule has 1 aromatic carbocycles. The van der Waals surface area contributed by atoms with Crippen molar-refractivity contribution in [3.05, 3.63) is 59.9 Å². The molecule has 0 amide bonds. The summed E-state index contributed by atoms with van der Waals surface area (Å²) in [6.07, 6.45) is 3.67. The molecule has 0 saturated heterocycles. The maximum absolute atomic E-state index is 10.6. The van der Waals surface area contributed by atoms with Gasteiger partial charge in [0.05, 0.1) is 18.9 Å². The van der Waals surface area contributed by atoms with Gasteiger partial charge in [0.25, 0.3) is 0 Å². The highest BCUT2D eigenvalue weighted by Gasteiger charge is 2.21. The van der Waals surface area contributed by atoms with Crippen LogP contribution in [0.15, 0.2) is 48.8 Å². The van der Waals surface area contributed by atoms with Crippen molar-refractivity contribution in [2.24, 2.45) is 0 Å². The lowest BCUT2D eigenvalue weighted by atomic mass is 9.88. The molecule has 0 aliphatic heterocycles. The first-order valence-electron chi connectivity index (χ1n) is 7.07. The number of aromatic nitrogens is 1. The Kier molecular flexibility index (Phi) is 5.13. The van der Waals surface area contributed by atoms with Crippen molar-refractivity contribution in [3.8, 4) is 5.75 Å². The molecule has 0 bridgehead atoms. The molecule has 20 heavy (non-hydrogen) atoms. The molecule has 2 rings (SSSR count). The van der Waals surface area contributed by atoms with Gasteiger partial charge in [0.1, 0.15) is 5.75 Å². The molecular weight excluding hydrogens is 250 g/mol. The predicted molar refractivity (Wildman–Crippen MR) is 79.8 cm³/mol. The molecule has 2 aromatic rings. The molecule has 0 radical (unpaired) electrons.